The number of anilines is 1. The van der Waals surface area contributed by atoms with E-state index in [0.29, 0.717) is 11.8 Å². The fraction of sp³-hybridized carbons (Fsp3) is 0.700. The quantitative estimate of drug-likeness (QED) is 0.773. The fourth-order valence-electron chi connectivity index (χ4n) is 1.85. The number of nitrogens with one attached hydrogen (secondary N) is 2. The number of hydrogen-bond donors (Lipinski definition) is 2. The average Bonchev–Trinajstić information content (AvgIpc) is 2.64. The Morgan fingerprint density at radius 3 is 3.00 bits per heavy atom. The second kappa shape index (κ2) is 4.61. The van der Waals surface area contributed by atoms with Gasteiger partial charge in [-0.05, 0) is 25.3 Å². The van der Waals surface area contributed by atoms with E-state index in [4.69, 9.17) is 4.42 Å². The van der Waals surface area contributed by atoms with Gasteiger partial charge in [0.25, 0.3) is 0 Å². The van der Waals surface area contributed by atoms with Gasteiger partial charge in [0.1, 0.15) is 0 Å². The molecule has 88 valence electrons. The lowest BCUT2D eigenvalue weighted by Crippen LogP contribution is -2.45. The van der Waals surface area contributed by atoms with Gasteiger partial charge in [-0.2, -0.15) is 0 Å². The van der Waals surface area contributed by atoms with E-state index >= 15 is 0 Å². The Hall–Kier alpha value is -1.43. The number of hydrogen-bond acceptors (Lipinski definition) is 5. The van der Waals surface area contributed by atoms with Crippen LogP contribution < -0.4 is 10.6 Å². The zero-order valence-corrected chi connectivity index (χ0v) is 9.49. The smallest absolute Gasteiger partial charge is 0.322 e. The maximum Gasteiger partial charge on any atom is 0.322 e. The first kappa shape index (κ1) is 11.1. The summed E-state index contributed by atoms with van der Waals surface area (Å²) < 4.78 is 5.09. The Morgan fingerprint density at radius 2 is 2.38 bits per heavy atom. The predicted molar refractivity (Wildman–Crippen MR) is 57.9 cm³/mol. The van der Waals surface area contributed by atoms with Crippen molar-refractivity contribution >= 4 is 11.9 Å². The van der Waals surface area contributed by atoms with Gasteiger partial charge in [-0.15, -0.1) is 5.10 Å². The van der Waals surface area contributed by atoms with Gasteiger partial charge in [-0.25, -0.2) is 0 Å². The van der Waals surface area contributed by atoms with E-state index in [1.807, 2.05) is 0 Å². The summed E-state index contributed by atoms with van der Waals surface area (Å²) in [5, 5.41) is 13.2. The molecule has 0 bridgehead atoms. The van der Waals surface area contributed by atoms with Gasteiger partial charge in [0.05, 0.1) is 6.04 Å². The summed E-state index contributed by atoms with van der Waals surface area (Å²) in [6, 6.07) is 0.0125. The molecule has 2 atom stereocenters. The molecule has 0 radical (unpaired) electrons. The van der Waals surface area contributed by atoms with Crippen LogP contribution in [0.1, 0.15) is 25.7 Å². The van der Waals surface area contributed by atoms with Crippen LogP contribution in [0.5, 0.6) is 0 Å². The van der Waals surface area contributed by atoms with Gasteiger partial charge >= 0.3 is 6.01 Å². The van der Waals surface area contributed by atoms with Crippen molar-refractivity contribution in [3.63, 3.8) is 0 Å². The summed E-state index contributed by atoms with van der Waals surface area (Å²) in [5.74, 6) is 0.914. The molecule has 0 aromatic carbocycles. The largest absolute Gasteiger partial charge is 0.408 e. The van der Waals surface area contributed by atoms with Gasteiger partial charge < -0.3 is 9.73 Å². The number of piperidine rings is 1. The standard InChI is InChI=1S/C10H16N4O2/c1-6-3-4-11-8(5-6)9(15)12-10-14-13-7(2)16-10/h6,8,11H,3-5H2,1-2H3,(H,12,14,15). The lowest BCUT2D eigenvalue weighted by molar-refractivity contribution is -0.119. The van der Waals surface area contributed by atoms with Crippen molar-refractivity contribution in [3.8, 4) is 0 Å². The predicted octanol–water partition coefficient (Wildman–Crippen LogP) is 0.705. The second-order valence-corrected chi connectivity index (χ2v) is 4.25. The van der Waals surface area contributed by atoms with E-state index < -0.39 is 0 Å². The van der Waals surface area contributed by atoms with Crippen LogP contribution in [-0.4, -0.2) is 28.7 Å². The van der Waals surface area contributed by atoms with Gasteiger partial charge in [0.15, 0.2) is 0 Å². The molecule has 1 aliphatic heterocycles. The van der Waals surface area contributed by atoms with Crippen LogP contribution in [0.25, 0.3) is 0 Å². The lowest BCUT2D eigenvalue weighted by Gasteiger charge is -2.26. The minimum atomic E-state index is -0.157. The molecule has 1 aliphatic rings. The highest BCUT2D eigenvalue weighted by atomic mass is 16.4. The molecule has 1 aromatic heterocycles. The molecule has 6 heteroatoms. The highest BCUT2D eigenvalue weighted by Crippen LogP contribution is 2.16. The minimum Gasteiger partial charge on any atom is -0.408 e. The van der Waals surface area contributed by atoms with Gasteiger partial charge in [-0.1, -0.05) is 12.0 Å². The van der Waals surface area contributed by atoms with Crippen LogP contribution >= 0.6 is 0 Å². The summed E-state index contributed by atoms with van der Waals surface area (Å²) in [4.78, 5) is 11.8. The minimum absolute atomic E-state index is 0.102. The first-order chi connectivity index (χ1) is 7.65. The van der Waals surface area contributed by atoms with Gasteiger partial charge in [-0.3, -0.25) is 10.1 Å². The SMILES string of the molecule is Cc1nnc(NC(=O)C2CC(C)CCN2)o1. The van der Waals surface area contributed by atoms with Crippen LogP contribution in [-0.2, 0) is 4.79 Å². The molecule has 1 fully saturated rings. The summed E-state index contributed by atoms with van der Waals surface area (Å²) in [6.07, 6.45) is 1.96. The normalized spacial score (nSPS) is 25.4. The van der Waals surface area contributed by atoms with Gasteiger partial charge in [0, 0.05) is 6.92 Å². The second-order valence-electron chi connectivity index (χ2n) is 4.25. The van der Waals surface area contributed by atoms with E-state index in [-0.39, 0.29) is 18.0 Å². The number of carbonyl (C=O) groups is 1. The van der Waals surface area contributed by atoms with Crippen molar-refractivity contribution in [1.29, 1.82) is 0 Å². The molecule has 1 aromatic rings. The molecular weight excluding hydrogens is 208 g/mol. The number of nitrogens with zero attached hydrogens (tertiary/aromatic N) is 2. The molecule has 2 rings (SSSR count). The summed E-state index contributed by atoms with van der Waals surface area (Å²) >= 11 is 0. The van der Waals surface area contributed by atoms with E-state index in [1.165, 1.54) is 0 Å². The van der Waals surface area contributed by atoms with Crippen molar-refractivity contribution in [3.05, 3.63) is 5.89 Å². The molecule has 0 spiro atoms. The molecule has 0 aliphatic carbocycles. The molecule has 2 unspecified atom stereocenters. The highest BCUT2D eigenvalue weighted by molar-refractivity contribution is 5.93. The third-order valence-corrected chi connectivity index (χ3v) is 2.74. The lowest BCUT2D eigenvalue weighted by atomic mass is 9.94. The fourth-order valence-corrected chi connectivity index (χ4v) is 1.85. The van der Waals surface area contributed by atoms with Crippen molar-refractivity contribution in [2.45, 2.75) is 32.7 Å². The van der Waals surface area contributed by atoms with Crippen LogP contribution in [0.15, 0.2) is 4.42 Å². The average molecular weight is 224 g/mol. The highest BCUT2D eigenvalue weighted by Gasteiger charge is 2.25. The summed E-state index contributed by atoms with van der Waals surface area (Å²) in [6.45, 7) is 4.71. The maximum absolute atomic E-state index is 11.8. The monoisotopic (exact) mass is 224 g/mol. The molecule has 2 N–H and O–H groups in total. The number of amides is 1. The Balaban J connectivity index is 1.92. The van der Waals surface area contributed by atoms with Crippen LogP contribution in [0.2, 0.25) is 0 Å². The molecule has 16 heavy (non-hydrogen) atoms. The zero-order chi connectivity index (χ0) is 11.5. The van der Waals surface area contributed by atoms with E-state index in [1.54, 1.807) is 6.92 Å². The Bertz CT molecular complexity index is 377. The number of carbonyl (C=O) groups excluding carboxylic acids is 1. The molecule has 1 saturated heterocycles. The molecule has 2 heterocycles. The van der Waals surface area contributed by atoms with Crippen LogP contribution in [0.4, 0.5) is 6.01 Å². The molecule has 1 amide bonds. The zero-order valence-electron chi connectivity index (χ0n) is 9.49. The Morgan fingerprint density at radius 1 is 1.56 bits per heavy atom. The van der Waals surface area contributed by atoms with Crippen molar-refractivity contribution in [2.24, 2.45) is 5.92 Å². The summed E-state index contributed by atoms with van der Waals surface area (Å²) in [7, 11) is 0. The third kappa shape index (κ3) is 2.57. The van der Waals surface area contributed by atoms with Crippen LogP contribution in [0, 0.1) is 12.8 Å². The topological polar surface area (TPSA) is 80.0 Å². The molecule has 6 nitrogen and oxygen atoms in total. The first-order valence-corrected chi connectivity index (χ1v) is 5.49. The van der Waals surface area contributed by atoms with E-state index in [2.05, 4.69) is 27.8 Å². The van der Waals surface area contributed by atoms with Crippen molar-refractivity contribution in [1.82, 2.24) is 15.5 Å². The van der Waals surface area contributed by atoms with Crippen molar-refractivity contribution < 1.29 is 9.21 Å². The van der Waals surface area contributed by atoms with Gasteiger partial charge in [0.2, 0.25) is 11.8 Å². The number of aryl methyl sites for hydroxylation is 1. The number of rotatable bonds is 2. The van der Waals surface area contributed by atoms with E-state index in [9.17, 15) is 4.79 Å². The van der Waals surface area contributed by atoms with Crippen LogP contribution in [0.3, 0.4) is 0 Å². The summed E-state index contributed by atoms with van der Waals surface area (Å²) in [5.41, 5.74) is 0. The first-order valence-electron chi connectivity index (χ1n) is 5.49. The molecular formula is C10H16N4O2. The molecule has 0 saturated carbocycles. The Labute approximate surface area is 93.8 Å². The number of aromatic nitrogens is 2. The third-order valence-electron chi connectivity index (χ3n) is 2.74. The maximum atomic E-state index is 11.8. The van der Waals surface area contributed by atoms with E-state index in [0.717, 1.165) is 19.4 Å². The van der Waals surface area contributed by atoms with Crippen molar-refractivity contribution in [2.75, 3.05) is 11.9 Å². The Kier molecular flexibility index (Phi) is 3.19.